The molecule has 1 atom stereocenters. The van der Waals surface area contributed by atoms with Crippen LogP contribution >= 0.6 is 11.6 Å². The fourth-order valence-electron chi connectivity index (χ4n) is 3.78. The number of nitriles is 1. The second kappa shape index (κ2) is 9.88. The van der Waals surface area contributed by atoms with E-state index in [0.29, 0.717) is 53.4 Å². The van der Waals surface area contributed by atoms with Crippen LogP contribution in [0.15, 0.2) is 36.7 Å². The fourth-order valence-corrected chi connectivity index (χ4v) is 3.96. The highest BCUT2D eigenvalue weighted by Gasteiger charge is 2.28. The molecule has 8 nitrogen and oxygen atoms in total. The highest BCUT2D eigenvalue weighted by Crippen LogP contribution is 2.34. The summed E-state index contributed by atoms with van der Waals surface area (Å²) in [7, 11) is 0. The number of carbonyl (C=O) groups excluding carboxylic acids is 1. The lowest BCUT2D eigenvalue weighted by molar-refractivity contribution is -0.129. The molecule has 1 fully saturated rings. The van der Waals surface area contributed by atoms with E-state index < -0.39 is 5.82 Å². The van der Waals surface area contributed by atoms with E-state index >= 15 is 0 Å². The van der Waals surface area contributed by atoms with E-state index in [1.165, 1.54) is 18.5 Å². The van der Waals surface area contributed by atoms with Gasteiger partial charge in [0.15, 0.2) is 0 Å². The molecule has 170 valence electrons. The molecule has 33 heavy (non-hydrogen) atoms. The van der Waals surface area contributed by atoms with Crippen LogP contribution in [0, 0.1) is 17.1 Å². The Kier molecular flexibility index (Phi) is 6.75. The molecule has 3 aromatic rings. The lowest BCUT2D eigenvalue weighted by Gasteiger charge is -2.21. The monoisotopic (exact) mass is 468 g/mol. The highest BCUT2D eigenvalue weighted by molar-refractivity contribution is 6.31. The predicted molar refractivity (Wildman–Crippen MR) is 124 cm³/mol. The van der Waals surface area contributed by atoms with Crippen molar-refractivity contribution in [2.24, 2.45) is 0 Å². The maximum Gasteiger partial charge on any atom is 0.242 e. The van der Waals surface area contributed by atoms with E-state index in [9.17, 15) is 14.4 Å². The van der Waals surface area contributed by atoms with Crippen LogP contribution in [-0.4, -0.2) is 46.5 Å². The van der Waals surface area contributed by atoms with Crippen molar-refractivity contribution in [3.63, 3.8) is 0 Å². The molecule has 1 aliphatic heterocycles. The Hall–Kier alpha value is -3.64. The number of halogens is 2. The minimum Gasteiger partial charge on any atom is -0.492 e. The minimum absolute atomic E-state index is 0.00422. The Morgan fingerprint density at radius 3 is 2.97 bits per heavy atom. The Morgan fingerprint density at radius 1 is 1.36 bits per heavy atom. The first kappa shape index (κ1) is 22.6. The van der Waals surface area contributed by atoms with Crippen molar-refractivity contribution in [3.8, 4) is 11.8 Å². The summed E-state index contributed by atoms with van der Waals surface area (Å²) in [5.74, 6) is 0.379. The molecule has 0 aliphatic carbocycles. The number of anilines is 3. The van der Waals surface area contributed by atoms with Crippen LogP contribution in [0.4, 0.5) is 21.6 Å². The molecule has 1 saturated heterocycles. The molecule has 0 bridgehead atoms. The van der Waals surface area contributed by atoms with Gasteiger partial charge in [0, 0.05) is 23.7 Å². The molecule has 1 aromatic heterocycles. The van der Waals surface area contributed by atoms with Crippen LogP contribution in [0.2, 0.25) is 5.02 Å². The average molecular weight is 469 g/mol. The van der Waals surface area contributed by atoms with Gasteiger partial charge >= 0.3 is 0 Å². The number of amides is 1. The molecule has 10 heteroatoms. The Labute approximate surface area is 195 Å². The topological polar surface area (TPSA) is 103 Å². The van der Waals surface area contributed by atoms with Gasteiger partial charge in [-0.2, -0.15) is 5.26 Å². The van der Waals surface area contributed by atoms with Crippen LogP contribution < -0.4 is 15.4 Å². The first-order valence-corrected chi connectivity index (χ1v) is 10.9. The number of carbonyl (C=O) groups is 1. The standard InChI is InChI=1S/C23H22ClFN6O2/c1-2-33-21-10-19-16(9-20(21)27-12-22(32)31-7-3-4-15(31)11-26)23(29-13-28-19)30-14-5-6-18(25)17(24)8-14/h5-6,8-10,13,15,27H,2-4,7,12H2,1H3,(H,28,29,30). The Balaban J connectivity index is 1.63. The summed E-state index contributed by atoms with van der Waals surface area (Å²) in [6.07, 6.45) is 2.93. The molecule has 2 aromatic carbocycles. The van der Waals surface area contributed by atoms with Crippen LogP contribution in [0.5, 0.6) is 5.75 Å². The normalized spacial score (nSPS) is 15.3. The maximum atomic E-state index is 13.5. The number of aromatic nitrogens is 2. The number of rotatable bonds is 7. The Bertz CT molecular complexity index is 1230. The molecule has 4 rings (SSSR count). The molecular weight excluding hydrogens is 447 g/mol. The van der Waals surface area contributed by atoms with Crippen molar-refractivity contribution in [3.05, 3.63) is 47.5 Å². The van der Waals surface area contributed by atoms with Gasteiger partial charge in [-0.3, -0.25) is 4.79 Å². The van der Waals surface area contributed by atoms with Crippen molar-refractivity contribution < 1.29 is 13.9 Å². The quantitative estimate of drug-likeness (QED) is 0.526. The zero-order valence-corrected chi connectivity index (χ0v) is 18.7. The molecule has 2 N–H and O–H groups in total. The number of ether oxygens (including phenoxy) is 1. The Morgan fingerprint density at radius 2 is 2.21 bits per heavy atom. The fraction of sp³-hybridized carbons (Fsp3) is 0.304. The van der Waals surface area contributed by atoms with Gasteiger partial charge in [-0.1, -0.05) is 11.6 Å². The van der Waals surface area contributed by atoms with Gasteiger partial charge in [0.1, 0.15) is 29.8 Å². The lowest BCUT2D eigenvalue weighted by atomic mass is 10.1. The molecule has 0 saturated carbocycles. The van der Waals surface area contributed by atoms with Crippen molar-refractivity contribution in [2.45, 2.75) is 25.8 Å². The number of likely N-dealkylation sites (tertiary alicyclic amines) is 1. The van der Waals surface area contributed by atoms with E-state index in [0.717, 1.165) is 6.42 Å². The molecular formula is C23H22ClFN6O2. The average Bonchev–Trinajstić information content (AvgIpc) is 3.29. The van der Waals surface area contributed by atoms with Crippen molar-refractivity contribution in [2.75, 3.05) is 30.3 Å². The smallest absolute Gasteiger partial charge is 0.242 e. The van der Waals surface area contributed by atoms with E-state index in [1.807, 2.05) is 6.92 Å². The summed E-state index contributed by atoms with van der Waals surface area (Å²) < 4.78 is 19.3. The largest absolute Gasteiger partial charge is 0.492 e. The van der Waals surface area contributed by atoms with Crippen molar-refractivity contribution in [1.29, 1.82) is 5.26 Å². The zero-order valence-electron chi connectivity index (χ0n) is 17.9. The van der Waals surface area contributed by atoms with Gasteiger partial charge in [0.25, 0.3) is 0 Å². The number of fused-ring (bicyclic) bond motifs is 1. The SMILES string of the molecule is CCOc1cc2ncnc(Nc3ccc(F)c(Cl)c3)c2cc1NCC(=O)N1CCCC1C#N. The maximum absolute atomic E-state index is 13.5. The van der Waals surface area contributed by atoms with E-state index in [1.54, 1.807) is 23.1 Å². The molecule has 1 amide bonds. The molecule has 1 aliphatic rings. The zero-order chi connectivity index (χ0) is 23.4. The molecule has 2 heterocycles. The predicted octanol–water partition coefficient (Wildman–Crippen LogP) is 4.49. The second-order valence-corrected chi connectivity index (χ2v) is 7.91. The summed E-state index contributed by atoms with van der Waals surface area (Å²) >= 11 is 5.89. The van der Waals surface area contributed by atoms with Crippen molar-refractivity contribution in [1.82, 2.24) is 14.9 Å². The summed E-state index contributed by atoms with van der Waals surface area (Å²) in [5.41, 5.74) is 1.79. The summed E-state index contributed by atoms with van der Waals surface area (Å²) in [5, 5.41) is 16.2. The van der Waals surface area contributed by atoms with E-state index in [4.69, 9.17) is 16.3 Å². The molecule has 0 radical (unpaired) electrons. The second-order valence-electron chi connectivity index (χ2n) is 7.50. The lowest BCUT2D eigenvalue weighted by Crippen LogP contribution is -2.38. The van der Waals surface area contributed by atoms with Gasteiger partial charge < -0.3 is 20.3 Å². The van der Waals surface area contributed by atoms with Gasteiger partial charge in [0.05, 0.1) is 35.4 Å². The number of benzene rings is 2. The number of hydrogen-bond acceptors (Lipinski definition) is 7. The van der Waals surface area contributed by atoms with Gasteiger partial charge in [-0.15, -0.1) is 0 Å². The number of nitrogens with zero attached hydrogens (tertiary/aromatic N) is 4. The van der Waals surface area contributed by atoms with Gasteiger partial charge in [0.2, 0.25) is 5.91 Å². The number of hydrogen-bond donors (Lipinski definition) is 2. The van der Waals surface area contributed by atoms with Crippen molar-refractivity contribution >= 4 is 45.6 Å². The van der Waals surface area contributed by atoms with Crippen LogP contribution in [-0.2, 0) is 4.79 Å². The van der Waals surface area contributed by atoms with Crippen LogP contribution in [0.25, 0.3) is 10.9 Å². The van der Waals surface area contributed by atoms with Crippen LogP contribution in [0.3, 0.4) is 0 Å². The highest BCUT2D eigenvalue weighted by atomic mass is 35.5. The first-order chi connectivity index (χ1) is 16.0. The minimum atomic E-state index is -0.510. The van der Waals surface area contributed by atoms with E-state index in [-0.39, 0.29) is 23.5 Å². The summed E-state index contributed by atoms with van der Waals surface area (Å²) in [4.78, 5) is 22.9. The molecule has 1 unspecified atom stereocenters. The van der Waals surface area contributed by atoms with Gasteiger partial charge in [-0.25, -0.2) is 14.4 Å². The third-order valence-electron chi connectivity index (χ3n) is 5.37. The third-order valence-corrected chi connectivity index (χ3v) is 5.66. The van der Waals surface area contributed by atoms with Crippen LogP contribution in [0.1, 0.15) is 19.8 Å². The number of nitrogens with one attached hydrogen (secondary N) is 2. The summed E-state index contributed by atoms with van der Waals surface area (Å²) in [6.45, 7) is 2.90. The third kappa shape index (κ3) is 4.91. The molecule has 0 spiro atoms. The first-order valence-electron chi connectivity index (χ1n) is 10.6. The van der Waals surface area contributed by atoms with Gasteiger partial charge in [-0.05, 0) is 44.0 Å². The van der Waals surface area contributed by atoms with E-state index in [2.05, 4.69) is 26.7 Å². The summed E-state index contributed by atoms with van der Waals surface area (Å²) in [6, 6.07) is 9.67.